The van der Waals surface area contributed by atoms with Gasteiger partial charge in [0.25, 0.3) is 0 Å². The van der Waals surface area contributed by atoms with Gasteiger partial charge in [0.1, 0.15) is 0 Å². The van der Waals surface area contributed by atoms with Crippen LogP contribution >= 0.6 is 0 Å². The van der Waals surface area contributed by atoms with Crippen LogP contribution in [0.2, 0.25) is 0 Å². The van der Waals surface area contributed by atoms with E-state index in [1.165, 1.54) is 6.42 Å². The quantitative estimate of drug-likeness (QED) is 0.561. The van der Waals surface area contributed by atoms with Crippen LogP contribution in [0.5, 0.6) is 0 Å². The lowest BCUT2D eigenvalue weighted by molar-refractivity contribution is 0.489. The molecule has 0 spiro atoms. The van der Waals surface area contributed by atoms with Crippen LogP contribution in [0.15, 0.2) is 4.99 Å². The van der Waals surface area contributed by atoms with E-state index in [-0.39, 0.29) is 4.75 Å². The summed E-state index contributed by atoms with van der Waals surface area (Å²) in [5.74, 6) is 2.17. The van der Waals surface area contributed by atoms with E-state index >= 15 is 0 Å². The summed E-state index contributed by atoms with van der Waals surface area (Å²) in [7, 11) is 0.946. The third-order valence-corrected chi connectivity index (χ3v) is 4.99. The third kappa shape index (κ3) is 9.34. The Morgan fingerprint density at radius 1 is 1.20 bits per heavy atom. The van der Waals surface area contributed by atoms with Gasteiger partial charge in [0.05, 0.1) is 0 Å². The van der Waals surface area contributed by atoms with Crippen molar-refractivity contribution in [1.29, 1.82) is 0 Å². The number of rotatable bonds is 7. The molecule has 0 saturated heterocycles. The van der Waals surface area contributed by atoms with Gasteiger partial charge in [-0.3, -0.25) is 9.20 Å². The highest BCUT2D eigenvalue weighted by Crippen LogP contribution is 2.10. The van der Waals surface area contributed by atoms with Crippen LogP contribution in [0.25, 0.3) is 0 Å². The molecule has 0 aromatic heterocycles. The molecule has 0 aromatic carbocycles. The van der Waals surface area contributed by atoms with E-state index in [0.29, 0.717) is 18.3 Å². The number of hydrogen-bond donors (Lipinski definition) is 2. The molecular formula is C15H33N3OS. The van der Waals surface area contributed by atoms with E-state index in [4.69, 9.17) is 0 Å². The Hall–Kier alpha value is -0.580. The van der Waals surface area contributed by atoms with E-state index in [0.717, 1.165) is 18.3 Å². The van der Waals surface area contributed by atoms with Gasteiger partial charge < -0.3 is 10.6 Å². The SMILES string of the molecule is CN=C(NCCS(=O)C(C)(C)C)NC(C)CCC(C)C. The first-order valence-corrected chi connectivity index (χ1v) is 8.84. The third-order valence-electron chi connectivity index (χ3n) is 3.05. The van der Waals surface area contributed by atoms with E-state index in [2.05, 4.69) is 36.4 Å². The molecule has 0 aliphatic carbocycles. The largest absolute Gasteiger partial charge is 0.355 e. The topological polar surface area (TPSA) is 53.5 Å². The number of aliphatic imine (C=N–C) groups is 1. The molecule has 4 nitrogen and oxygen atoms in total. The number of guanidine groups is 1. The van der Waals surface area contributed by atoms with Crippen molar-refractivity contribution in [2.45, 2.75) is 65.2 Å². The molecule has 2 N–H and O–H groups in total. The van der Waals surface area contributed by atoms with Crippen molar-refractivity contribution >= 4 is 16.8 Å². The molecule has 0 radical (unpaired) electrons. The monoisotopic (exact) mass is 303 g/mol. The lowest BCUT2D eigenvalue weighted by Crippen LogP contribution is -2.44. The fourth-order valence-corrected chi connectivity index (χ4v) is 2.55. The lowest BCUT2D eigenvalue weighted by Gasteiger charge is -2.20. The zero-order valence-electron chi connectivity index (χ0n) is 14.2. The maximum absolute atomic E-state index is 11.9. The van der Waals surface area contributed by atoms with Crippen LogP contribution in [-0.2, 0) is 10.8 Å². The summed E-state index contributed by atoms with van der Waals surface area (Å²) < 4.78 is 11.8. The molecule has 0 amide bonds. The van der Waals surface area contributed by atoms with Crippen molar-refractivity contribution < 1.29 is 4.21 Å². The molecule has 0 saturated carbocycles. The first kappa shape index (κ1) is 19.4. The zero-order valence-corrected chi connectivity index (χ0v) is 15.1. The molecule has 20 heavy (non-hydrogen) atoms. The van der Waals surface area contributed by atoms with Gasteiger partial charge in [0.2, 0.25) is 0 Å². The van der Waals surface area contributed by atoms with Gasteiger partial charge in [-0.05, 0) is 46.5 Å². The smallest absolute Gasteiger partial charge is 0.191 e. The molecule has 0 aliphatic heterocycles. The average Bonchev–Trinajstić information content (AvgIpc) is 2.33. The molecule has 0 aliphatic rings. The summed E-state index contributed by atoms with van der Waals surface area (Å²) in [5, 5.41) is 6.61. The van der Waals surface area contributed by atoms with Crippen LogP contribution in [-0.4, -0.2) is 40.3 Å². The fraction of sp³-hybridized carbons (Fsp3) is 0.933. The van der Waals surface area contributed by atoms with Crippen molar-refractivity contribution in [3.05, 3.63) is 0 Å². The minimum absolute atomic E-state index is 0.150. The minimum atomic E-state index is -0.823. The van der Waals surface area contributed by atoms with Gasteiger partial charge in [0, 0.05) is 40.9 Å². The summed E-state index contributed by atoms with van der Waals surface area (Å²) in [6.45, 7) is 13.3. The standard InChI is InChI=1S/C15H33N3OS/c1-12(2)8-9-13(3)18-14(16-7)17-10-11-20(19)15(4,5)6/h12-13H,8-11H2,1-7H3,(H2,16,17,18). The second-order valence-electron chi connectivity index (χ2n) is 6.68. The molecule has 120 valence electrons. The predicted molar refractivity (Wildman–Crippen MR) is 90.8 cm³/mol. The van der Waals surface area contributed by atoms with E-state index in [1.54, 1.807) is 7.05 Å². The summed E-state index contributed by atoms with van der Waals surface area (Å²) in [4.78, 5) is 4.21. The Morgan fingerprint density at radius 3 is 2.25 bits per heavy atom. The van der Waals surface area contributed by atoms with Crippen LogP contribution < -0.4 is 10.6 Å². The number of nitrogens with one attached hydrogen (secondary N) is 2. The van der Waals surface area contributed by atoms with Crippen LogP contribution in [0.4, 0.5) is 0 Å². The first-order valence-electron chi connectivity index (χ1n) is 7.52. The van der Waals surface area contributed by atoms with Gasteiger partial charge in [0.15, 0.2) is 5.96 Å². The minimum Gasteiger partial charge on any atom is -0.355 e. The summed E-state index contributed by atoms with van der Waals surface area (Å²) in [5.41, 5.74) is 0. The Kier molecular flexibility index (Phi) is 9.10. The number of hydrogen-bond acceptors (Lipinski definition) is 2. The van der Waals surface area contributed by atoms with Crippen molar-refractivity contribution in [1.82, 2.24) is 10.6 Å². The normalized spacial score (nSPS) is 16.1. The Morgan fingerprint density at radius 2 is 1.80 bits per heavy atom. The molecule has 0 rings (SSSR count). The summed E-state index contributed by atoms with van der Waals surface area (Å²) >= 11 is 0. The first-order chi connectivity index (χ1) is 9.16. The molecule has 0 aromatic rings. The highest BCUT2D eigenvalue weighted by atomic mass is 32.2. The number of nitrogens with zero attached hydrogens (tertiary/aromatic N) is 1. The summed E-state index contributed by atoms with van der Waals surface area (Å²) in [6.07, 6.45) is 2.34. The van der Waals surface area contributed by atoms with E-state index in [1.807, 2.05) is 20.8 Å². The lowest BCUT2D eigenvalue weighted by atomic mass is 10.0. The van der Waals surface area contributed by atoms with Gasteiger partial charge in [-0.15, -0.1) is 0 Å². The second kappa shape index (κ2) is 9.37. The highest BCUT2D eigenvalue weighted by Gasteiger charge is 2.18. The van der Waals surface area contributed by atoms with Gasteiger partial charge in [-0.2, -0.15) is 0 Å². The van der Waals surface area contributed by atoms with Gasteiger partial charge >= 0.3 is 0 Å². The molecule has 5 heteroatoms. The maximum Gasteiger partial charge on any atom is 0.191 e. The summed E-state index contributed by atoms with van der Waals surface area (Å²) in [6, 6.07) is 0.400. The zero-order chi connectivity index (χ0) is 15.8. The van der Waals surface area contributed by atoms with Crippen molar-refractivity contribution in [3.63, 3.8) is 0 Å². The molecule has 2 unspecified atom stereocenters. The molecule has 0 heterocycles. The van der Waals surface area contributed by atoms with Gasteiger partial charge in [-0.1, -0.05) is 13.8 Å². The average molecular weight is 304 g/mol. The second-order valence-corrected chi connectivity index (χ2v) is 9.00. The van der Waals surface area contributed by atoms with E-state index < -0.39 is 10.8 Å². The van der Waals surface area contributed by atoms with E-state index in [9.17, 15) is 4.21 Å². The fourth-order valence-electron chi connectivity index (χ4n) is 1.65. The van der Waals surface area contributed by atoms with Crippen LogP contribution in [0.3, 0.4) is 0 Å². The molecular weight excluding hydrogens is 270 g/mol. The van der Waals surface area contributed by atoms with Crippen LogP contribution in [0.1, 0.15) is 54.4 Å². The van der Waals surface area contributed by atoms with Crippen LogP contribution in [0, 0.1) is 5.92 Å². The molecule has 0 fully saturated rings. The Labute approximate surface area is 127 Å². The maximum atomic E-state index is 11.9. The van der Waals surface area contributed by atoms with Crippen molar-refractivity contribution in [3.8, 4) is 0 Å². The van der Waals surface area contributed by atoms with Gasteiger partial charge in [-0.25, -0.2) is 0 Å². The molecule has 2 atom stereocenters. The molecule has 0 bridgehead atoms. The Bertz CT molecular complexity index is 322. The predicted octanol–water partition coefficient (Wildman–Crippen LogP) is 2.52. The Balaban J connectivity index is 4.03. The highest BCUT2D eigenvalue weighted by molar-refractivity contribution is 7.86. The van der Waals surface area contributed by atoms with Crippen molar-refractivity contribution in [2.24, 2.45) is 10.9 Å². The van der Waals surface area contributed by atoms with Crippen molar-refractivity contribution in [2.75, 3.05) is 19.3 Å².